The van der Waals surface area contributed by atoms with Crippen LogP contribution in [0.3, 0.4) is 0 Å². The zero-order valence-corrected chi connectivity index (χ0v) is 6.78. The normalized spacial score (nSPS) is 9.33. The van der Waals surface area contributed by atoms with E-state index in [1.165, 1.54) is 25.9 Å². The first-order valence-corrected chi connectivity index (χ1v) is 3.49. The molecule has 0 saturated heterocycles. The molecule has 2 heteroatoms. The van der Waals surface area contributed by atoms with E-state index in [4.69, 9.17) is 0 Å². The second-order valence-electron chi connectivity index (χ2n) is 2.30. The Balaban J connectivity index is 0. The van der Waals surface area contributed by atoms with Crippen LogP contribution in [0.15, 0.2) is 0 Å². The first kappa shape index (κ1) is 11.7. The Kier molecular flexibility index (Phi) is 10.3. The van der Waals surface area contributed by atoms with Crippen molar-refractivity contribution in [3.63, 3.8) is 0 Å². The molecular weight excluding hydrogens is 114 g/mol. The van der Waals surface area contributed by atoms with E-state index in [1.807, 2.05) is 0 Å². The van der Waals surface area contributed by atoms with Gasteiger partial charge in [0.15, 0.2) is 0 Å². The molecule has 0 aliphatic heterocycles. The maximum absolute atomic E-state index is 2.36. The molecule has 0 aromatic rings. The minimum atomic E-state index is 0. The molecule has 2 N–H and O–H groups in total. The average Bonchev–Trinajstić information content (AvgIpc) is 1.68. The van der Waals surface area contributed by atoms with Crippen molar-refractivity contribution in [1.82, 2.24) is 4.90 Å². The molecule has 9 heavy (non-hydrogen) atoms. The summed E-state index contributed by atoms with van der Waals surface area (Å²) in [6, 6.07) is 0. The first-order valence-electron chi connectivity index (χ1n) is 3.49. The second kappa shape index (κ2) is 7.92. The van der Waals surface area contributed by atoms with Crippen molar-refractivity contribution in [2.24, 2.45) is 0 Å². The third-order valence-electron chi connectivity index (χ3n) is 1.21. The van der Waals surface area contributed by atoms with Gasteiger partial charge in [0.25, 0.3) is 0 Å². The highest BCUT2D eigenvalue weighted by molar-refractivity contribution is 4.45. The number of hydrogen-bond donors (Lipinski definition) is 0. The predicted octanol–water partition coefficient (Wildman–Crippen LogP) is 0.913. The van der Waals surface area contributed by atoms with Gasteiger partial charge in [0.2, 0.25) is 0 Å². The summed E-state index contributed by atoms with van der Waals surface area (Å²) in [7, 11) is 2.17. The third kappa shape index (κ3) is 7.92. The Morgan fingerprint density at radius 1 is 1.00 bits per heavy atom. The summed E-state index contributed by atoms with van der Waals surface area (Å²) in [5.41, 5.74) is 0. The zero-order chi connectivity index (χ0) is 6.41. The summed E-state index contributed by atoms with van der Waals surface area (Å²) in [6.45, 7) is 6.92. The van der Waals surface area contributed by atoms with Gasteiger partial charge in [-0.15, -0.1) is 0 Å². The Bertz CT molecular complexity index is 42.2. The van der Waals surface area contributed by atoms with Crippen LogP contribution in [0.1, 0.15) is 26.7 Å². The highest BCUT2D eigenvalue weighted by Crippen LogP contribution is 1.86. The molecular formula is C7H19NO. The molecule has 0 aliphatic carbocycles. The van der Waals surface area contributed by atoms with Crippen molar-refractivity contribution in [1.29, 1.82) is 0 Å². The van der Waals surface area contributed by atoms with E-state index >= 15 is 0 Å². The molecule has 0 fully saturated rings. The van der Waals surface area contributed by atoms with Crippen molar-refractivity contribution in [2.75, 3.05) is 20.1 Å². The SMILES string of the molecule is CCCN(C)CCC.O. The van der Waals surface area contributed by atoms with Crippen LogP contribution in [0.25, 0.3) is 0 Å². The molecule has 0 aliphatic rings. The lowest BCUT2D eigenvalue weighted by atomic mass is 10.4. The molecule has 0 amide bonds. The first-order chi connectivity index (χ1) is 3.81. The van der Waals surface area contributed by atoms with Gasteiger partial charge in [0.1, 0.15) is 0 Å². The van der Waals surface area contributed by atoms with Crippen LogP contribution in [-0.4, -0.2) is 30.5 Å². The monoisotopic (exact) mass is 133 g/mol. The minimum absolute atomic E-state index is 0. The van der Waals surface area contributed by atoms with Crippen molar-refractivity contribution >= 4 is 0 Å². The maximum atomic E-state index is 2.36. The molecule has 58 valence electrons. The molecule has 0 aromatic heterocycles. The van der Waals surface area contributed by atoms with Gasteiger partial charge in [-0.05, 0) is 33.0 Å². The van der Waals surface area contributed by atoms with Crippen molar-refractivity contribution in [2.45, 2.75) is 26.7 Å². The fraction of sp³-hybridized carbons (Fsp3) is 1.00. The molecule has 0 radical (unpaired) electrons. The Morgan fingerprint density at radius 2 is 1.33 bits per heavy atom. The molecule has 2 nitrogen and oxygen atoms in total. The summed E-state index contributed by atoms with van der Waals surface area (Å²) in [5.74, 6) is 0. The highest BCUT2D eigenvalue weighted by Gasteiger charge is 1.90. The fourth-order valence-corrected chi connectivity index (χ4v) is 0.875. The lowest BCUT2D eigenvalue weighted by molar-refractivity contribution is 0.335. The smallest absolute Gasteiger partial charge is 0.00244 e. The number of rotatable bonds is 4. The minimum Gasteiger partial charge on any atom is -0.412 e. The summed E-state index contributed by atoms with van der Waals surface area (Å²) in [6.07, 6.45) is 2.55. The van der Waals surface area contributed by atoms with E-state index in [1.54, 1.807) is 0 Å². The molecule has 0 aromatic carbocycles. The molecule has 0 unspecified atom stereocenters. The number of hydrogen-bond acceptors (Lipinski definition) is 1. The van der Waals surface area contributed by atoms with Crippen LogP contribution in [-0.2, 0) is 0 Å². The van der Waals surface area contributed by atoms with Gasteiger partial charge in [-0.3, -0.25) is 0 Å². The summed E-state index contributed by atoms with van der Waals surface area (Å²) >= 11 is 0. The lowest BCUT2D eigenvalue weighted by Crippen LogP contribution is -2.19. The highest BCUT2D eigenvalue weighted by atomic mass is 16.0. The quantitative estimate of drug-likeness (QED) is 0.561. The predicted molar refractivity (Wildman–Crippen MR) is 41.7 cm³/mol. The van der Waals surface area contributed by atoms with Crippen LogP contribution in [0.4, 0.5) is 0 Å². The van der Waals surface area contributed by atoms with E-state index < -0.39 is 0 Å². The molecule has 0 spiro atoms. The summed E-state index contributed by atoms with van der Waals surface area (Å²) in [5, 5.41) is 0. The molecule has 0 heterocycles. The van der Waals surface area contributed by atoms with E-state index in [9.17, 15) is 0 Å². The summed E-state index contributed by atoms with van der Waals surface area (Å²) < 4.78 is 0. The van der Waals surface area contributed by atoms with E-state index in [0.29, 0.717) is 0 Å². The summed E-state index contributed by atoms with van der Waals surface area (Å²) in [4.78, 5) is 2.36. The Hall–Kier alpha value is -0.0800. The van der Waals surface area contributed by atoms with Crippen LogP contribution in [0, 0.1) is 0 Å². The van der Waals surface area contributed by atoms with Crippen LogP contribution in [0.5, 0.6) is 0 Å². The van der Waals surface area contributed by atoms with E-state index in [0.717, 1.165) is 0 Å². The Morgan fingerprint density at radius 3 is 1.56 bits per heavy atom. The van der Waals surface area contributed by atoms with Crippen LogP contribution < -0.4 is 0 Å². The van der Waals surface area contributed by atoms with Crippen molar-refractivity contribution in [3.05, 3.63) is 0 Å². The standard InChI is InChI=1S/C7H17N.H2O/c1-4-6-8(3)7-5-2;/h4-7H2,1-3H3;1H2. The molecule has 0 rings (SSSR count). The van der Waals surface area contributed by atoms with Gasteiger partial charge < -0.3 is 10.4 Å². The molecule has 0 saturated carbocycles. The molecule has 0 bridgehead atoms. The van der Waals surface area contributed by atoms with E-state index in [-0.39, 0.29) is 5.48 Å². The van der Waals surface area contributed by atoms with Gasteiger partial charge in [0.05, 0.1) is 0 Å². The van der Waals surface area contributed by atoms with Gasteiger partial charge in [-0.2, -0.15) is 0 Å². The average molecular weight is 133 g/mol. The second-order valence-corrected chi connectivity index (χ2v) is 2.30. The van der Waals surface area contributed by atoms with Crippen LogP contribution >= 0.6 is 0 Å². The van der Waals surface area contributed by atoms with Gasteiger partial charge in [-0.25, -0.2) is 0 Å². The van der Waals surface area contributed by atoms with Gasteiger partial charge in [-0.1, -0.05) is 13.8 Å². The Labute approximate surface area is 58.2 Å². The zero-order valence-electron chi connectivity index (χ0n) is 6.78. The molecule has 0 atom stereocenters. The lowest BCUT2D eigenvalue weighted by Gasteiger charge is -2.12. The third-order valence-corrected chi connectivity index (χ3v) is 1.21. The van der Waals surface area contributed by atoms with Crippen molar-refractivity contribution in [3.8, 4) is 0 Å². The largest absolute Gasteiger partial charge is 0.412 e. The van der Waals surface area contributed by atoms with E-state index in [2.05, 4.69) is 25.8 Å². The topological polar surface area (TPSA) is 34.7 Å². The van der Waals surface area contributed by atoms with Gasteiger partial charge >= 0.3 is 0 Å². The number of nitrogens with zero attached hydrogens (tertiary/aromatic N) is 1. The maximum Gasteiger partial charge on any atom is -0.00244 e. The van der Waals surface area contributed by atoms with Gasteiger partial charge in [0, 0.05) is 0 Å². The fourth-order valence-electron chi connectivity index (χ4n) is 0.875. The van der Waals surface area contributed by atoms with Crippen LogP contribution in [0.2, 0.25) is 0 Å². The van der Waals surface area contributed by atoms with Crippen molar-refractivity contribution < 1.29 is 5.48 Å².